The van der Waals surface area contributed by atoms with E-state index >= 15 is 0 Å². The second-order valence-electron chi connectivity index (χ2n) is 6.93. The molecule has 0 amide bonds. The van der Waals surface area contributed by atoms with E-state index in [1.165, 1.54) is 22.2 Å². The van der Waals surface area contributed by atoms with Crippen molar-refractivity contribution >= 4 is 40.0 Å². The molecule has 3 rings (SSSR count). The van der Waals surface area contributed by atoms with Crippen molar-refractivity contribution in [2.45, 2.75) is 27.2 Å². The third-order valence-corrected chi connectivity index (χ3v) is 4.63. The summed E-state index contributed by atoms with van der Waals surface area (Å²) in [6.45, 7) is 8.36. The highest BCUT2D eigenvalue weighted by Crippen LogP contribution is 2.34. The molecule has 2 aromatic heterocycles. The third kappa shape index (κ3) is 3.72. The first-order valence-corrected chi connectivity index (χ1v) is 8.51. The molecule has 0 aliphatic rings. The Labute approximate surface area is 155 Å². The Hall–Kier alpha value is -1.85. The lowest BCUT2D eigenvalue weighted by Crippen LogP contribution is -2.16. The van der Waals surface area contributed by atoms with Crippen LogP contribution in [0.4, 0.5) is 5.69 Å². The number of aryl methyl sites for hydroxylation is 4. The predicted molar refractivity (Wildman–Crippen MR) is 109 cm³/mol. The molecule has 0 saturated heterocycles. The molecule has 0 bridgehead atoms. The highest BCUT2D eigenvalue weighted by Gasteiger charge is 2.16. The van der Waals surface area contributed by atoms with Gasteiger partial charge in [0.25, 0.3) is 0 Å². The SMILES string of the molecule is Cc1cc2nc3c(c(C)nn3C)c(NCCCN(C)C)c2cc1C.Cl. The number of benzene rings is 1. The second-order valence-corrected chi connectivity index (χ2v) is 6.93. The number of hydrogen-bond acceptors (Lipinski definition) is 4. The molecule has 0 aliphatic carbocycles. The van der Waals surface area contributed by atoms with Crippen LogP contribution in [0.15, 0.2) is 12.1 Å². The Bertz CT molecular complexity index is 898. The monoisotopic (exact) mass is 361 g/mol. The molecule has 0 fully saturated rings. The standard InChI is InChI=1S/C19H27N5.ClH/c1-12-10-15-16(11-13(12)2)21-19-17(14(3)22-24(19)6)18(15)20-8-7-9-23(4)5;/h10-11H,7-9H2,1-6H3,(H,20,21);1H. The Morgan fingerprint density at radius 1 is 1.12 bits per heavy atom. The fourth-order valence-corrected chi connectivity index (χ4v) is 3.20. The first-order chi connectivity index (χ1) is 11.4. The molecule has 136 valence electrons. The van der Waals surface area contributed by atoms with Crippen LogP contribution in [-0.4, -0.2) is 46.8 Å². The van der Waals surface area contributed by atoms with E-state index in [0.29, 0.717) is 0 Å². The Balaban J connectivity index is 0.00000225. The van der Waals surface area contributed by atoms with Gasteiger partial charge in [-0.15, -0.1) is 12.4 Å². The summed E-state index contributed by atoms with van der Waals surface area (Å²) in [5, 5.41) is 10.6. The average molecular weight is 362 g/mol. The number of hydrogen-bond donors (Lipinski definition) is 1. The average Bonchev–Trinajstić information content (AvgIpc) is 2.79. The van der Waals surface area contributed by atoms with Crippen LogP contribution in [0.3, 0.4) is 0 Å². The van der Waals surface area contributed by atoms with Crippen molar-refractivity contribution < 1.29 is 0 Å². The topological polar surface area (TPSA) is 46.0 Å². The minimum absolute atomic E-state index is 0. The highest BCUT2D eigenvalue weighted by atomic mass is 35.5. The molecule has 0 unspecified atom stereocenters. The van der Waals surface area contributed by atoms with Crippen LogP contribution < -0.4 is 5.32 Å². The first-order valence-electron chi connectivity index (χ1n) is 8.51. The van der Waals surface area contributed by atoms with Crippen LogP contribution in [-0.2, 0) is 7.05 Å². The summed E-state index contributed by atoms with van der Waals surface area (Å²) in [4.78, 5) is 7.08. The molecule has 5 nitrogen and oxygen atoms in total. The molecule has 25 heavy (non-hydrogen) atoms. The highest BCUT2D eigenvalue weighted by molar-refractivity contribution is 6.08. The fraction of sp³-hybridized carbons (Fsp3) is 0.474. The molecule has 1 N–H and O–H groups in total. The van der Waals surface area contributed by atoms with Crippen molar-refractivity contribution in [3.05, 3.63) is 29.0 Å². The zero-order valence-electron chi connectivity index (χ0n) is 16.0. The largest absolute Gasteiger partial charge is 0.384 e. The number of nitrogens with one attached hydrogen (secondary N) is 1. The maximum absolute atomic E-state index is 4.87. The number of nitrogens with zero attached hydrogens (tertiary/aromatic N) is 4. The maximum atomic E-state index is 4.87. The van der Waals surface area contributed by atoms with Gasteiger partial charge >= 0.3 is 0 Å². The summed E-state index contributed by atoms with van der Waals surface area (Å²) < 4.78 is 1.88. The zero-order chi connectivity index (χ0) is 17.4. The molecule has 0 saturated carbocycles. The lowest BCUT2D eigenvalue weighted by Gasteiger charge is -2.15. The van der Waals surface area contributed by atoms with Gasteiger partial charge in [-0.2, -0.15) is 5.10 Å². The summed E-state index contributed by atoms with van der Waals surface area (Å²) in [5.41, 5.74) is 6.73. The molecule has 1 aromatic carbocycles. The smallest absolute Gasteiger partial charge is 0.160 e. The van der Waals surface area contributed by atoms with Crippen LogP contribution in [0.1, 0.15) is 23.2 Å². The van der Waals surface area contributed by atoms with Crippen molar-refractivity contribution in [2.75, 3.05) is 32.5 Å². The van der Waals surface area contributed by atoms with E-state index in [9.17, 15) is 0 Å². The van der Waals surface area contributed by atoms with Crippen molar-refractivity contribution in [1.82, 2.24) is 19.7 Å². The Morgan fingerprint density at radius 2 is 1.80 bits per heavy atom. The molecule has 0 spiro atoms. The van der Waals surface area contributed by atoms with Gasteiger partial charge < -0.3 is 10.2 Å². The lowest BCUT2D eigenvalue weighted by atomic mass is 10.0. The van der Waals surface area contributed by atoms with Crippen LogP contribution in [0.2, 0.25) is 0 Å². The van der Waals surface area contributed by atoms with E-state index in [1.54, 1.807) is 0 Å². The van der Waals surface area contributed by atoms with Gasteiger partial charge in [-0.25, -0.2) is 4.98 Å². The fourth-order valence-electron chi connectivity index (χ4n) is 3.20. The maximum Gasteiger partial charge on any atom is 0.160 e. The third-order valence-electron chi connectivity index (χ3n) is 4.63. The molecule has 2 heterocycles. The zero-order valence-corrected chi connectivity index (χ0v) is 16.8. The number of fused-ring (bicyclic) bond motifs is 2. The van der Waals surface area contributed by atoms with Crippen LogP contribution in [0.25, 0.3) is 21.9 Å². The van der Waals surface area contributed by atoms with E-state index in [2.05, 4.69) is 62.3 Å². The Kier molecular flexibility index (Phi) is 5.91. The lowest BCUT2D eigenvalue weighted by molar-refractivity contribution is 0.405. The summed E-state index contributed by atoms with van der Waals surface area (Å²) in [5.74, 6) is 0. The molecule has 0 aliphatic heterocycles. The molecular weight excluding hydrogens is 334 g/mol. The van der Waals surface area contributed by atoms with E-state index in [-0.39, 0.29) is 12.4 Å². The summed E-state index contributed by atoms with van der Waals surface area (Å²) in [6, 6.07) is 4.43. The van der Waals surface area contributed by atoms with Crippen molar-refractivity contribution in [3.63, 3.8) is 0 Å². The molecule has 6 heteroatoms. The van der Waals surface area contributed by atoms with Gasteiger partial charge in [0.05, 0.1) is 22.3 Å². The first kappa shape index (κ1) is 19.5. The number of anilines is 1. The van der Waals surface area contributed by atoms with Gasteiger partial charge in [-0.05, 0) is 71.1 Å². The van der Waals surface area contributed by atoms with E-state index in [4.69, 9.17) is 4.98 Å². The van der Waals surface area contributed by atoms with E-state index in [1.807, 2.05) is 11.7 Å². The molecule has 0 atom stereocenters. The number of halogens is 1. The minimum Gasteiger partial charge on any atom is -0.384 e. The number of aromatic nitrogens is 3. The molecule has 0 radical (unpaired) electrons. The van der Waals surface area contributed by atoms with Crippen LogP contribution in [0.5, 0.6) is 0 Å². The van der Waals surface area contributed by atoms with Gasteiger partial charge in [-0.1, -0.05) is 0 Å². The Morgan fingerprint density at radius 3 is 2.48 bits per heavy atom. The van der Waals surface area contributed by atoms with E-state index < -0.39 is 0 Å². The van der Waals surface area contributed by atoms with E-state index in [0.717, 1.165) is 41.8 Å². The van der Waals surface area contributed by atoms with Gasteiger partial charge in [0.2, 0.25) is 0 Å². The minimum atomic E-state index is 0. The number of rotatable bonds is 5. The second kappa shape index (κ2) is 7.58. The van der Waals surface area contributed by atoms with Gasteiger partial charge in [0.1, 0.15) is 0 Å². The van der Waals surface area contributed by atoms with Gasteiger partial charge in [-0.3, -0.25) is 4.68 Å². The quantitative estimate of drug-likeness (QED) is 0.701. The van der Waals surface area contributed by atoms with Crippen molar-refractivity contribution in [1.29, 1.82) is 0 Å². The summed E-state index contributed by atoms with van der Waals surface area (Å²) in [7, 11) is 6.18. The summed E-state index contributed by atoms with van der Waals surface area (Å²) in [6.07, 6.45) is 1.10. The normalized spacial score (nSPS) is 11.3. The number of pyridine rings is 1. The van der Waals surface area contributed by atoms with Gasteiger partial charge in [0.15, 0.2) is 5.65 Å². The molecular formula is C19H28ClN5. The van der Waals surface area contributed by atoms with Crippen molar-refractivity contribution in [3.8, 4) is 0 Å². The van der Waals surface area contributed by atoms with Gasteiger partial charge in [0, 0.05) is 19.0 Å². The molecule has 3 aromatic rings. The summed E-state index contributed by atoms with van der Waals surface area (Å²) >= 11 is 0. The van der Waals surface area contributed by atoms with Crippen molar-refractivity contribution in [2.24, 2.45) is 7.05 Å². The van der Waals surface area contributed by atoms with Crippen LogP contribution >= 0.6 is 12.4 Å². The predicted octanol–water partition coefficient (Wildman–Crippen LogP) is 3.83. The van der Waals surface area contributed by atoms with Crippen LogP contribution in [0, 0.1) is 20.8 Å².